The predicted molar refractivity (Wildman–Crippen MR) is 62.6 cm³/mol. The van der Waals surface area contributed by atoms with E-state index in [2.05, 4.69) is 5.32 Å². The van der Waals surface area contributed by atoms with Crippen molar-refractivity contribution in [3.63, 3.8) is 0 Å². The molecular formula is C12H20N2O3. The highest BCUT2D eigenvalue weighted by molar-refractivity contribution is 5.84. The number of hydrogen-bond donors (Lipinski definition) is 2. The molecule has 5 heteroatoms. The van der Waals surface area contributed by atoms with Gasteiger partial charge in [-0.15, -0.1) is 0 Å². The van der Waals surface area contributed by atoms with Gasteiger partial charge in [0.05, 0.1) is 0 Å². The molecule has 0 saturated carbocycles. The van der Waals surface area contributed by atoms with Crippen molar-refractivity contribution in [2.45, 2.75) is 38.1 Å². The summed E-state index contributed by atoms with van der Waals surface area (Å²) >= 11 is 0. The standard InChI is InChI=1S/C12H20N2O3/c15-11(4-3-9-5-6-13-8-9)14-7-1-2-10(14)12(16)17/h9-10,13H,1-8H2,(H,16,17)/t9?,10-/m0/s1. The van der Waals surface area contributed by atoms with Gasteiger partial charge in [-0.2, -0.15) is 0 Å². The Balaban J connectivity index is 1.80. The molecule has 0 aromatic rings. The zero-order chi connectivity index (χ0) is 12.3. The zero-order valence-corrected chi connectivity index (χ0v) is 10.0. The molecule has 2 heterocycles. The zero-order valence-electron chi connectivity index (χ0n) is 10.0. The molecule has 0 spiro atoms. The second-order valence-corrected chi connectivity index (χ2v) is 4.98. The quantitative estimate of drug-likeness (QED) is 0.748. The molecule has 2 saturated heterocycles. The summed E-state index contributed by atoms with van der Waals surface area (Å²) in [5.41, 5.74) is 0. The van der Waals surface area contributed by atoms with E-state index in [4.69, 9.17) is 5.11 Å². The Morgan fingerprint density at radius 2 is 2.18 bits per heavy atom. The number of aliphatic carboxylic acids is 1. The van der Waals surface area contributed by atoms with Crippen LogP contribution in [0, 0.1) is 5.92 Å². The van der Waals surface area contributed by atoms with Crippen LogP contribution in [0.5, 0.6) is 0 Å². The highest BCUT2D eigenvalue weighted by atomic mass is 16.4. The normalized spacial score (nSPS) is 28.6. The first-order valence-electron chi connectivity index (χ1n) is 6.41. The first-order chi connectivity index (χ1) is 8.18. The first-order valence-corrected chi connectivity index (χ1v) is 6.41. The number of likely N-dealkylation sites (tertiary alicyclic amines) is 1. The van der Waals surface area contributed by atoms with Crippen LogP contribution < -0.4 is 5.32 Å². The van der Waals surface area contributed by atoms with E-state index in [1.165, 1.54) is 0 Å². The average molecular weight is 240 g/mol. The fourth-order valence-electron chi connectivity index (χ4n) is 2.75. The van der Waals surface area contributed by atoms with Crippen LogP contribution >= 0.6 is 0 Å². The highest BCUT2D eigenvalue weighted by Gasteiger charge is 2.33. The molecular weight excluding hydrogens is 220 g/mol. The molecule has 2 atom stereocenters. The Morgan fingerprint density at radius 1 is 1.35 bits per heavy atom. The Hall–Kier alpha value is -1.10. The van der Waals surface area contributed by atoms with E-state index in [0.29, 0.717) is 25.3 Å². The van der Waals surface area contributed by atoms with Crippen molar-refractivity contribution in [2.24, 2.45) is 5.92 Å². The number of hydrogen-bond acceptors (Lipinski definition) is 3. The van der Waals surface area contributed by atoms with Gasteiger partial charge in [-0.3, -0.25) is 4.79 Å². The van der Waals surface area contributed by atoms with Crippen molar-refractivity contribution in [3.8, 4) is 0 Å². The van der Waals surface area contributed by atoms with Crippen molar-refractivity contribution in [1.29, 1.82) is 0 Å². The predicted octanol–water partition coefficient (Wildman–Crippen LogP) is 0.452. The van der Waals surface area contributed by atoms with Crippen molar-refractivity contribution in [2.75, 3.05) is 19.6 Å². The molecule has 0 aliphatic carbocycles. The summed E-state index contributed by atoms with van der Waals surface area (Å²) < 4.78 is 0. The largest absolute Gasteiger partial charge is 0.480 e. The highest BCUT2D eigenvalue weighted by Crippen LogP contribution is 2.21. The minimum absolute atomic E-state index is 0.0156. The third kappa shape index (κ3) is 2.97. The van der Waals surface area contributed by atoms with Crippen molar-refractivity contribution in [3.05, 3.63) is 0 Å². The number of nitrogens with one attached hydrogen (secondary N) is 1. The summed E-state index contributed by atoms with van der Waals surface area (Å²) in [6.07, 6.45) is 3.93. The molecule has 1 amide bonds. The van der Waals surface area contributed by atoms with Crippen LogP contribution in [0.2, 0.25) is 0 Å². The Bertz CT molecular complexity index is 300. The van der Waals surface area contributed by atoms with Gasteiger partial charge in [0, 0.05) is 13.0 Å². The summed E-state index contributed by atoms with van der Waals surface area (Å²) in [6.45, 7) is 2.65. The third-order valence-electron chi connectivity index (χ3n) is 3.79. The summed E-state index contributed by atoms with van der Waals surface area (Å²) in [6, 6.07) is -0.579. The summed E-state index contributed by atoms with van der Waals surface area (Å²) in [5.74, 6) is -0.259. The van der Waals surface area contributed by atoms with Gasteiger partial charge in [0.2, 0.25) is 5.91 Å². The lowest BCUT2D eigenvalue weighted by Crippen LogP contribution is -2.40. The number of carboxylic acid groups (broad SMARTS) is 1. The van der Waals surface area contributed by atoms with Gasteiger partial charge in [-0.1, -0.05) is 0 Å². The second kappa shape index (κ2) is 5.49. The molecule has 5 nitrogen and oxygen atoms in total. The van der Waals surface area contributed by atoms with Gasteiger partial charge in [-0.05, 0) is 44.7 Å². The second-order valence-electron chi connectivity index (χ2n) is 4.98. The Morgan fingerprint density at radius 3 is 2.82 bits per heavy atom. The number of carbonyl (C=O) groups excluding carboxylic acids is 1. The molecule has 2 rings (SSSR count). The lowest BCUT2D eigenvalue weighted by molar-refractivity contribution is -0.148. The van der Waals surface area contributed by atoms with Crippen LogP contribution in [0.4, 0.5) is 0 Å². The summed E-state index contributed by atoms with van der Waals surface area (Å²) in [4.78, 5) is 24.5. The average Bonchev–Trinajstić information content (AvgIpc) is 2.96. The number of amides is 1. The van der Waals surface area contributed by atoms with E-state index in [1.807, 2.05) is 0 Å². The minimum atomic E-state index is -0.863. The Labute approximate surface area is 101 Å². The fraction of sp³-hybridized carbons (Fsp3) is 0.833. The molecule has 2 aliphatic rings. The molecule has 96 valence electrons. The van der Waals surface area contributed by atoms with E-state index < -0.39 is 12.0 Å². The number of rotatable bonds is 4. The van der Waals surface area contributed by atoms with Crippen LogP contribution in [0.25, 0.3) is 0 Å². The smallest absolute Gasteiger partial charge is 0.326 e. The van der Waals surface area contributed by atoms with Crippen molar-refractivity contribution >= 4 is 11.9 Å². The fourth-order valence-corrected chi connectivity index (χ4v) is 2.75. The topological polar surface area (TPSA) is 69.6 Å². The van der Waals surface area contributed by atoms with E-state index in [1.54, 1.807) is 4.90 Å². The van der Waals surface area contributed by atoms with Gasteiger partial charge in [0.15, 0.2) is 0 Å². The van der Waals surface area contributed by atoms with Crippen LogP contribution in [0.3, 0.4) is 0 Å². The molecule has 2 fully saturated rings. The van der Waals surface area contributed by atoms with Crippen LogP contribution in [-0.2, 0) is 9.59 Å². The van der Waals surface area contributed by atoms with Gasteiger partial charge in [0.25, 0.3) is 0 Å². The van der Waals surface area contributed by atoms with Crippen LogP contribution in [-0.4, -0.2) is 47.6 Å². The maximum atomic E-state index is 12.0. The van der Waals surface area contributed by atoms with Crippen LogP contribution in [0.15, 0.2) is 0 Å². The summed E-state index contributed by atoms with van der Waals surface area (Å²) in [7, 11) is 0. The lowest BCUT2D eigenvalue weighted by atomic mass is 10.0. The monoisotopic (exact) mass is 240 g/mol. The van der Waals surface area contributed by atoms with Crippen molar-refractivity contribution < 1.29 is 14.7 Å². The third-order valence-corrected chi connectivity index (χ3v) is 3.79. The molecule has 0 aromatic carbocycles. The molecule has 0 radical (unpaired) electrons. The van der Waals surface area contributed by atoms with E-state index in [0.717, 1.165) is 32.4 Å². The minimum Gasteiger partial charge on any atom is -0.480 e. The number of nitrogens with zero attached hydrogens (tertiary/aromatic N) is 1. The van der Waals surface area contributed by atoms with E-state index in [9.17, 15) is 9.59 Å². The van der Waals surface area contributed by atoms with Crippen molar-refractivity contribution in [1.82, 2.24) is 10.2 Å². The first kappa shape index (κ1) is 12.4. The lowest BCUT2D eigenvalue weighted by Gasteiger charge is -2.22. The van der Waals surface area contributed by atoms with Gasteiger partial charge in [-0.25, -0.2) is 4.79 Å². The van der Waals surface area contributed by atoms with E-state index in [-0.39, 0.29) is 5.91 Å². The molecule has 17 heavy (non-hydrogen) atoms. The van der Waals surface area contributed by atoms with Gasteiger partial charge < -0.3 is 15.3 Å². The SMILES string of the molecule is O=C(O)[C@@H]1CCCN1C(=O)CCC1CCNC1. The van der Waals surface area contributed by atoms with Gasteiger partial charge >= 0.3 is 5.97 Å². The number of carboxylic acids is 1. The maximum absolute atomic E-state index is 12.0. The molecule has 1 unspecified atom stereocenters. The molecule has 2 N–H and O–H groups in total. The Kier molecular flexibility index (Phi) is 3.99. The van der Waals surface area contributed by atoms with Gasteiger partial charge in [0.1, 0.15) is 6.04 Å². The maximum Gasteiger partial charge on any atom is 0.326 e. The molecule has 0 bridgehead atoms. The molecule has 0 aromatic heterocycles. The van der Waals surface area contributed by atoms with Crippen LogP contribution in [0.1, 0.15) is 32.1 Å². The molecule has 2 aliphatic heterocycles. The number of carbonyl (C=O) groups is 2. The van der Waals surface area contributed by atoms with E-state index >= 15 is 0 Å². The summed E-state index contributed by atoms with van der Waals surface area (Å²) in [5, 5.41) is 12.3.